The quantitative estimate of drug-likeness (QED) is 0.795. The highest BCUT2D eigenvalue weighted by Gasteiger charge is 2.29. The van der Waals surface area contributed by atoms with Crippen LogP contribution in [0.3, 0.4) is 0 Å². The van der Waals surface area contributed by atoms with Gasteiger partial charge in [-0.15, -0.1) is 5.10 Å². The van der Waals surface area contributed by atoms with Gasteiger partial charge in [0.15, 0.2) is 5.65 Å². The Hall–Kier alpha value is -1.49. The van der Waals surface area contributed by atoms with E-state index in [9.17, 15) is 0 Å². The molecule has 0 unspecified atom stereocenters. The summed E-state index contributed by atoms with van der Waals surface area (Å²) in [6, 6.07) is 2.36. The van der Waals surface area contributed by atoms with E-state index in [2.05, 4.69) is 19.7 Å². The van der Waals surface area contributed by atoms with Gasteiger partial charge in [0, 0.05) is 6.04 Å². The summed E-state index contributed by atoms with van der Waals surface area (Å²) in [6.45, 7) is 1.95. The molecule has 1 fully saturated rings. The molecule has 78 valence electrons. The number of nitrogens with two attached hydrogens (primary N) is 1. The zero-order valence-electron chi connectivity index (χ0n) is 8.59. The predicted octanol–water partition coefficient (Wildman–Crippen LogP) is 1.18. The van der Waals surface area contributed by atoms with Crippen molar-refractivity contribution >= 4 is 11.2 Å². The molecule has 0 aromatic carbocycles. The fraction of sp³-hybridized carbons (Fsp3) is 0.500. The van der Waals surface area contributed by atoms with Gasteiger partial charge < -0.3 is 10.3 Å². The molecule has 5 heteroatoms. The average molecular weight is 203 g/mol. The molecule has 15 heavy (non-hydrogen) atoms. The first-order valence-corrected chi connectivity index (χ1v) is 5.22. The lowest BCUT2D eigenvalue weighted by Gasteiger charge is -2.08. The van der Waals surface area contributed by atoms with Crippen LogP contribution in [0.2, 0.25) is 0 Å². The number of hydrogen-bond donors (Lipinski definition) is 1. The molecular weight excluding hydrogens is 190 g/mol. The van der Waals surface area contributed by atoms with Crippen LogP contribution in [0.5, 0.6) is 0 Å². The van der Waals surface area contributed by atoms with E-state index in [-0.39, 0.29) is 6.04 Å². The topological polar surface area (TPSA) is 69.6 Å². The Morgan fingerprint density at radius 1 is 1.53 bits per heavy atom. The van der Waals surface area contributed by atoms with Gasteiger partial charge in [0.05, 0.1) is 12.2 Å². The number of hydrogen-bond acceptors (Lipinski definition) is 4. The summed E-state index contributed by atoms with van der Waals surface area (Å²) in [5, 5.41) is 8.05. The lowest BCUT2D eigenvalue weighted by atomic mass is 10.3. The van der Waals surface area contributed by atoms with Crippen LogP contribution in [-0.2, 0) is 0 Å². The van der Waals surface area contributed by atoms with Crippen molar-refractivity contribution in [2.75, 3.05) is 0 Å². The van der Waals surface area contributed by atoms with Crippen LogP contribution in [0.1, 0.15) is 37.7 Å². The molecule has 2 heterocycles. The molecule has 2 aromatic rings. The minimum Gasteiger partial charge on any atom is -0.322 e. The minimum absolute atomic E-state index is 0.0557. The normalized spacial score (nSPS) is 18.3. The Balaban J connectivity index is 2.28. The first-order chi connectivity index (χ1) is 7.27. The van der Waals surface area contributed by atoms with Crippen LogP contribution in [0, 0.1) is 0 Å². The van der Waals surface area contributed by atoms with Gasteiger partial charge in [0.1, 0.15) is 11.3 Å². The number of fused-ring (bicyclic) bond motifs is 1. The lowest BCUT2D eigenvalue weighted by Crippen LogP contribution is -2.13. The Morgan fingerprint density at radius 2 is 2.33 bits per heavy atom. The summed E-state index contributed by atoms with van der Waals surface area (Å²) in [4.78, 5) is 4.51. The highest BCUT2D eigenvalue weighted by Crippen LogP contribution is 2.38. The molecular formula is C10H13N5. The number of nitrogens with zero attached hydrogens (tertiary/aromatic N) is 4. The van der Waals surface area contributed by atoms with E-state index >= 15 is 0 Å². The Bertz CT molecular complexity index is 497. The van der Waals surface area contributed by atoms with Crippen molar-refractivity contribution in [3.05, 3.63) is 18.1 Å². The molecule has 0 radical (unpaired) electrons. The van der Waals surface area contributed by atoms with Crippen LogP contribution in [0.4, 0.5) is 0 Å². The van der Waals surface area contributed by atoms with Crippen molar-refractivity contribution in [3.8, 4) is 0 Å². The molecule has 3 rings (SSSR count). The van der Waals surface area contributed by atoms with Gasteiger partial charge in [0.25, 0.3) is 0 Å². The summed E-state index contributed by atoms with van der Waals surface area (Å²) in [5.41, 5.74) is 7.67. The van der Waals surface area contributed by atoms with Crippen molar-refractivity contribution in [3.63, 3.8) is 0 Å². The van der Waals surface area contributed by atoms with Gasteiger partial charge in [-0.1, -0.05) is 0 Å². The predicted molar refractivity (Wildman–Crippen MR) is 56.2 cm³/mol. The molecule has 0 amide bonds. The van der Waals surface area contributed by atoms with Crippen LogP contribution >= 0.6 is 0 Å². The second kappa shape index (κ2) is 3.00. The molecule has 5 nitrogen and oxygen atoms in total. The Morgan fingerprint density at radius 3 is 3.00 bits per heavy atom. The molecule has 2 aromatic heterocycles. The van der Waals surface area contributed by atoms with E-state index in [1.807, 2.05) is 13.0 Å². The van der Waals surface area contributed by atoms with Crippen molar-refractivity contribution in [2.45, 2.75) is 31.8 Å². The maximum Gasteiger partial charge on any atom is 0.182 e. The number of rotatable bonds is 2. The molecule has 1 aliphatic carbocycles. The smallest absolute Gasteiger partial charge is 0.182 e. The second-order valence-corrected chi connectivity index (χ2v) is 4.10. The fourth-order valence-electron chi connectivity index (χ4n) is 1.88. The number of imidazole rings is 1. The monoisotopic (exact) mass is 203 g/mol. The molecule has 2 N–H and O–H groups in total. The summed E-state index contributed by atoms with van der Waals surface area (Å²) in [5.74, 6) is 0.924. The first kappa shape index (κ1) is 8.79. The van der Waals surface area contributed by atoms with Crippen LogP contribution < -0.4 is 5.73 Å². The number of aromatic nitrogens is 4. The molecule has 1 atom stereocenters. The highest BCUT2D eigenvalue weighted by atomic mass is 15.2. The highest BCUT2D eigenvalue weighted by molar-refractivity contribution is 5.70. The molecule has 0 aliphatic heterocycles. The van der Waals surface area contributed by atoms with E-state index in [1.165, 1.54) is 12.8 Å². The van der Waals surface area contributed by atoms with Crippen LogP contribution in [-0.4, -0.2) is 19.7 Å². The van der Waals surface area contributed by atoms with Gasteiger partial charge in [-0.25, -0.2) is 4.98 Å². The molecule has 1 aliphatic rings. The Kier molecular flexibility index (Phi) is 1.76. The minimum atomic E-state index is -0.0557. The van der Waals surface area contributed by atoms with Crippen molar-refractivity contribution < 1.29 is 0 Å². The fourth-order valence-corrected chi connectivity index (χ4v) is 1.88. The summed E-state index contributed by atoms with van der Waals surface area (Å²) < 4.78 is 2.15. The van der Waals surface area contributed by atoms with Crippen LogP contribution in [0.15, 0.2) is 12.3 Å². The largest absolute Gasteiger partial charge is 0.322 e. The van der Waals surface area contributed by atoms with E-state index in [0.29, 0.717) is 6.04 Å². The maximum atomic E-state index is 5.91. The SMILES string of the molecule is C[C@H](N)c1nc2ccnnc2n1C1CC1. The van der Waals surface area contributed by atoms with Gasteiger partial charge in [-0.05, 0) is 25.8 Å². The van der Waals surface area contributed by atoms with E-state index in [1.54, 1.807) is 6.20 Å². The first-order valence-electron chi connectivity index (χ1n) is 5.22. The Labute approximate surface area is 87.3 Å². The maximum absolute atomic E-state index is 5.91. The van der Waals surface area contributed by atoms with Gasteiger partial charge >= 0.3 is 0 Å². The van der Waals surface area contributed by atoms with Crippen LogP contribution in [0.25, 0.3) is 11.2 Å². The molecule has 0 bridgehead atoms. The zero-order valence-corrected chi connectivity index (χ0v) is 8.59. The molecule has 1 saturated carbocycles. The van der Waals surface area contributed by atoms with Crippen molar-refractivity contribution in [1.29, 1.82) is 0 Å². The third-order valence-electron chi connectivity index (χ3n) is 2.71. The van der Waals surface area contributed by atoms with Crippen molar-refractivity contribution in [2.24, 2.45) is 5.73 Å². The average Bonchev–Trinajstić information content (AvgIpc) is 2.98. The van der Waals surface area contributed by atoms with Gasteiger partial charge in [-0.2, -0.15) is 5.10 Å². The zero-order chi connectivity index (χ0) is 10.4. The summed E-state index contributed by atoms with van der Waals surface area (Å²) in [7, 11) is 0. The third-order valence-corrected chi connectivity index (χ3v) is 2.71. The van der Waals surface area contributed by atoms with Crippen molar-refractivity contribution in [1.82, 2.24) is 19.7 Å². The van der Waals surface area contributed by atoms with Gasteiger partial charge in [-0.3, -0.25) is 0 Å². The second-order valence-electron chi connectivity index (χ2n) is 4.10. The lowest BCUT2D eigenvalue weighted by molar-refractivity contribution is 0.633. The van der Waals surface area contributed by atoms with E-state index in [4.69, 9.17) is 5.73 Å². The molecule has 0 saturated heterocycles. The van der Waals surface area contributed by atoms with E-state index in [0.717, 1.165) is 17.0 Å². The standard InChI is InChI=1S/C10H13N5/c1-6(11)9-13-8-4-5-12-14-10(8)15(9)7-2-3-7/h4-7H,2-3,11H2,1H3/t6-/m0/s1. The molecule has 0 spiro atoms. The third kappa shape index (κ3) is 1.31. The summed E-state index contributed by atoms with van der Waals surface area (Å²) >= 11 is 0. The van der Waals surface area contributed by atoms with E-state index < -0.39 is 0 Å². The van der Waals surface area contributed by atoms with Gasteiger partial charge in [0.2, 0.25) is 0 Å². The summed E-state index contributed by atoms with van der Waals surface area (Å²) in [6.07, 6.45) is 4.06.